The lowest BCUT2D eigenvalue weighted by molar-refractivity contribution is -0.157. The first-order chi connectivity index (χ1) is 49.3. The van der Waals surface area contributed by atoms with Crippen molar-refractivity contribution in [1.82, 2.24) is 68.7 Å². The number of hydrogen-bond acceptors (Lipinski definition) is 17. The van der Waals surface area contributed by atoms with Crippen LogP contribution >= 0.6 is 0 Å². The fraction of sp³-hybridized carbons (Fsp3) is 0.707. The number of amides is 13. The molecular formula is C75H124N14O16. The third-order valence-electron chi connectivity index (χ3n) is 19.6. The molecular weight excluding hydrogens is 1350 g/mol. The van der Waals surface area contributed by atoms with Crippen LogP contribution in [0.2, 0.25) is 0 Å². The molecule has 0 bridgehead atoms. The van der Waals surface area contributed by atoms with E-state index in [1.165, 1.54) is 31.7 Å². The van der Waals surface area contributed by atoms with Crippen molar-refractivity contribution in [2.24, 2.45) is 53.1 Å². The fourth-order valence-electron chi connectivity index (χ4n) is 12.0. The van der Waals surface area contributed by atoms with Gasteiger partial charge in [0.1, 0.15) is 84.3 Å². The smallest absolute Gasteiger partial charge is 0.329 e. The van der Waals surface area contributed by atoms with Crippen LogP contribution in [0.5, 0.6) is 0 Å². The summed E-state index contributed by atoms with van der Waals surface area (Å²) in [6, 6.07) is -7.67. The highest BCUT2D eigenvalue weighted by atomic mass is 16.5. The molecule has 17 atom stereocenters. The van der Waals surface area contributed by atoms with Gasteiger partial charge in [0.25, 0.3) is 5.91 Å². The number of likely N-dealkylation sites (tertiary alicyclic amines) is 1. The van der Waals surface area contributed by atoms with E-state index < -0.39 is 203 Å². The first-order valence-corrected chi connectivity index (χ1v) is 37.5. The molecule has 0 spiro atoms. The highest BCUT2D eigenvalue weighted by molar-refractivity contribution is 6.03. The number of aliphatic hydroxyl groups excluding tert-OH is 1. The van der Waals surface area contributed by atoms with E-state index in [0.29, 0.717) is 24.8 Å². The van der Waals surface area contributed by atoms with E-state index in [0.717, 1.165) is 6.42 Å². The maximum atomic E-state index is 15.0. The Kier molecular flexibility index (Phi) is 37.8. The standard InChI is InChI=1S/C75H124N14O16/c1-20-43(15)33-34-53(91)80-54(38(5)6)68(97)87-61(46(18)90)72(101)82-56(40(9)10)69(98)83-57(41(11)12)74(103)89-36-28-32-52(89)66(95)78-50(31-27-35-76)64(93)85-59(44(16)21-2)71(100)88-62-47(19)105-75(104)58(42(13)14)84-63(92)49(23-4)77-65(94)51(37-48-29-25-24-26-30-48)79-67(96)55(39(7)8)81-70(99)60(45(17)22-3)86-73(62)102/h23-26,29-30,38-47,50-52,54-62,90H,20-22,27-28,31-37,76H2,1-19H3,(H,77,94)(H,78,95)(H,79,96)(H,80,91)(H,81,99)(H,82,101)(H,83,98)(H,84,92)(H,85,93)(H,86,102)(H,87,97)(H,88,100)/b49-23-/t43-,44-,45-,46+,47+,50-,51-,52+,54+,55+,56-,57+,58-,59+,60+,61-,62?/m0/s1. The zero-order chi connectivity index (χ0) is 79.4. The van der Waals surface area contributed by atoms with Crippen LogP contribution in [0.1, 0.15) is 195 Å². The number of benzene rings is 1. The summed E-state index contributed by atoms with van der Waals surface area (Å²) in [6.45, 7) is 31.7. The molecule has 1 aromatic rings. The van der Waals surface area contributed by atoms with Gasteiger partial charge in [-0.15, -0.1) is 0 Å². The number of rotatable bonds is 33. The van der Waals surface area contributed by atoms with E-state index in [4.69, 9.17) is 10.5 Å². The predicted octanol–water partition coefficient (Wildman–Crippen LogP) is 1.84. The molecule has 15 N–H and O–H groups in total. The summed E-state index contributed by atoms with van der Waals surface area (Å²) in [7, 11) is 0. The molecule has 2 fully saturated rings. The van der Waals surface area contributed by atoms with Gasteiger partial charge in [0.05, 0.1) is 6.10 Å². The quantitative estimate of drug-likeness (QED) is 0.0353. The van der Waals surface area contributed by atoms with Crippen molar-refractivity contribution in [2.75, 3.05) is 13.1 Å². The Morgan fingerprint density at radius 1 is 0.610 bits per heavy atom. The lowest BCUT2D eigenvalue weighted by atomic mass is 9.95. The second-order valence-corrected chi connectivity index (χ2v) is 30.0. The van der Waals surface area contributed by atoms with Crippen LogP contribution in [0.25, 0.3) is 0 Å². The molecule has 0 aliphatic carbocycles. The van der Waals surface area contributed by atoms with Gasteiger partial charge >= 0.3 is 5.97 Å². The minimum atomic E-state index is -1.83. The Balaban J connectivity index is 2.00. The Hall–Kier alpha value is -8.54. The summed E-state index contributed by atoms with van der Waals surface area (Å²) in [5.74, 6) is -15.2. The second-order valence-electron chi connectivity index (χ2n) is 30.0. The van der Waals surface area contributed by atoms with Gasteiger partial charge in [-0.25, -0.2) is 4.79 Å². The van der Waals surface area contributed by atoms with Crippen molar-refractivity contribution in [1.29, 1.82) is 0 Å². The van der Waals surface area contributed by atoms with Gasteiger partial charge in [-0.05, 0) is 112 Å². The molecule has 3 rings (SSSR count). The van der Waals surface area contributed by atoms with E-state index in [-0.39, 0.29) is 69.1 Å². The number of carbonyl (C=O) groups excluding carboxylic acids is 14. The van der Waals surface area contributed by atoms with Crippen LogP contribution in [-0.2, 0) is 78.3 Å². The van der Waals surface area contributed by atoms with Gasteiger partial charge < -0.3 is 84.3 Å². The number of nitrogens with one attached hydrogen (secondary N) is 12. The van der Waals surface area contributed by atoms with Gasteiger partial charge in [-0.2, -0.15) is 0 Å². The number of cyclic esters (lactones) is 1. The molecule has 1 aromatic carbocycles. The number of nitrogens with two attached hydrogens (primary N) is 1. The van der Waals surface area contributed by atoms with E-state index in [9.17, 15) is 62.6 Å². The number of aliphatic hydroxyl groups is 1. The van der Waals surface area contributed by atoms with Crippen LogP contribution in [0.3, 0.4) is 0 Å². The van der Waals surface area contributed by atoms with Crippen molar-refractivity contribution in [2.45, 2.75) is 280 Å². The summed E-state index contributed by atoms with van der Waals surface area (Å²) in [4.78, 5) is 202. The predicted molar refractivity (Wildman–Crippen MR) is 395 cm³/mol. The third-order valence-corrected chi connectivity index (χ3v) is 19.6. The molecule has 30 nitrogen and oxygen atoms in total. The molecule has 2 aliphatic rings. The van der Waals surface area contributed by atoms with Crippen molar-refractivity contribution in [3.63, 3.8) is 0 Å². The van der Waals surface area contributed by atoms with Crippen LogP contribution in [0.15, 0.2) is 42.1 Å². The van der Waals surface area contributed by atoms with E-state index in [1.54, 1.807) is 127 Å². The summed E-state index contributed by atoms with van der Waals surface area (Å²) in [5.41, 5.74) is 6.34. The molecule has 2 aliphatic heterocycles. The lowest BCUT2D eigenvalue weighted by Gasteiger charge is -2.33. The Labute approximate surface area is 620 Å². The van der Waals surface area contributed by atoms with Crippen LogP contribution in [0, 0.1) is 47.3 Å². The second kappa shape index (κ2) is 43.8. The molecule has 0 aromatic heterocycles. The first kappa shape index (κ1) is 90.7. The number of nitrogens with zero attached hydrogens (tertiary/aromatic N) is 1. The minimum absolute atomic E-state index is 0.0355. The Morgan fingerprint density at radius 2 is 1.15 bits per heavy atom. The molecule has 590 valence electrons. The molecule has 0 saturated carbocycles. The molecule has 2 saturated heterocycles. The number of esters is 1. The summed E-state index contributed by atoms with van der Waals surface area (Å²) >= 11 is 0. The van der Waals surface area contributed by atoms with Crippen molar-refractivity contribution in [3.05, 3.63) is 47.7 Å². The van der Waals surface area contributed by atoms with Crippen molar-refractivity contribution in [3.8, 4) is 0 Å². The highest BCUT2D eigenvalue weighted by Crippen LogP contribution is 2.23. The zero-order valence-electron chi connectivity index (χ0n) is 65.2. The molecule has 30 heteroatoms. The molecule has 13 amide bonds. The summed E-state index contributed by atoms with van der Waals surface area (Å²) in [5, 5.41) is 43.2. The van der Waals surface area contributed by atoms with Crippen molar-refractivity contribution < 1.29 is 77.0 Å². The lowest BCUT2D eigenvalue weighted by Crippen LogP contribution is -2.64. The summed E-state index contributed by atoms with van der Waals surface area (Å²) in [6.07, 6.45) is 1.08. The molecule has 1 unspecified atom stereocenters. The van der Waals surface area contributed by atoms with E-state index in [2.05, 4.69) is 63.8 Å². The highest BCUT2D eigenvalue weighted by Gasteiger charge is 2.44. The summed E-state index contributed by atoms with van der Waals surface area (Å²) < 4.78 is 5.96. The zero-order valence-corrected chi connectivity index (χ0v) is 65.2. The SMILES string of the molecule is C/C=C1\NC(=O)[C@H](Cc2ccccc2)NC(=O)[C@@H](C(C)C)NC(=O)[C@@H]([C@@H](C)CC)NC(=O)C(NC(=O)[C@H](NC(=O)[C@H](CCCN)NC(=O)[C@H]2CCCN2C(=O)[C@H](NC(=O)[C@@H](NC(=O)[C@@H](NC(=O)[C@H](NC(=O)CC[C@@H](C)CC)C(C)C)[C@@H](C)O)C(C)C)C(C)C)[C@@H](C)CC)[C@@H](C)OC(=O)[C@H](C(C)C)NC1=O. The Morgan fingerprint density at radius 3 is 1.69 bits per heavy atom. The van der Waals surface area contributed by atoms with Crippen molar-refractivity contribution >= 4 is 82.8 Å². The van der Waals surface area contributed by atoms with Gasteiger partial charge in [-0.1, -0.05) is 166 Å². The van der Waals surface area contributed by atoms with Crippen LogP contribution < -0.4 is 69.5 Å². The molecule has 105 heavy (non-hydrogen) atoms. The molecule has 2 heterocycles. The monoisotopic (exact) mass is 1480 g/mol. The van der Waals surface area contributed by atoms with E-state index >= 15 is 9.59 Å². The number of allylic oxidation sites excluding steroid dienone is 1. The average Bonchev–Trinajstić information content (AvgIpc) is 1.80. The fourth-order valence-corrected chi connectivity index (χ4v) is 12.0. The van der Waals surface area contributed by atoms with Crippen LogP contribution in [0.4, 0.5) is 0 Å². The molecule has 0 radical (unpaired) electrons. The van der Waals surface area contributed by atoms with Gasteiger partial charge in [-0.3, -0.25) is 62.3 Å². The minimum Gasteiger partial charge on any atom is -0.458 e. The normalized spacial score (nSPS) is 22.8. The topological polar surface area (TPSA) is 442 Å². The number of ether oxygens (including phenoxy) is 1. The van der Waals surface area contributed by atoms with Crippen LogP contribution in [-0.4, -0.2) is 191 Å². The maximum Gasteiger partial charge on any atom is 0.329 e. The van der Waals surface area contributed by atoms with Gasteiger partial charge in [0.2, 0.25) is 70.9 Å². The van der Waals surface area contributed by atoms with E-state index in [1.807, 2.05) is 13.8 Å². The number of carbonyl (C=O) groups is 14. The Bertz CT molecular complexity index is 3160. The van der Waals surface area contributed by atoms with Gasteiger partial charge in [0, 0.05) is 19.4 Å². The first-order valence-electron chi connectivity index (χ1n) is 37.5. The third kappa shape index (κ3) is 27.4. The largest absolute Gasteiger partial charge is 0.458 e. The maximum absolute atomic E-state index is 15.0. The average molecular weight is 1480 g/mol. The number of hydrogen-bond donors (Lipinski definition) is 14. The van der Waals surface area contributed by atoms with Gasteiger partial charge in [0.15, 0.2) is 0 Å².